The molecule has 0 spiro atoms. The van der Waals surface area contributed by atoms with Gasteiger partial charge in [-0.05, 0) is 31.5 Å². The Morgan fingerprint density at radius 2 is 2.32 bits per heavy atom. The highest BCUT2D eigenvalue weighted by Gasteiger charge is 2.24. The number of benzene rings is 1. The van der Waals surface area contributed by atoms with Crippen LogP contribution in [0.3, 0.4) is 0 Å². The maximum Gasteiger partial charge on any atom is 0.262 e. The fourth-order valence-electron chi connectivity index (χ4n) is 2.78. The summed E-state index contributed by atoms with van der Waals surface area (Å²) >= 11 is 0. The number of hydrogen-bond donors (Lipinski definition) is 1. The standard InChI is InChI=1S/C16H20N2O4/c1-2-18(8-11-5-6-21-9-11)16(20)12-3-4-13-14(7-12)22-10-15(19)17-13/h3-4,7,11H,2,5-6,8-10H2,1H3,(H,17,19)/t11-/m1/s1. The highest BCUT2D eigenvalue weighted by atomic mass is 16.5. The van der Waals surface area contributed by atoms with Crippen LogP contribution in [0.25, 0.3) is 0 Å². The Hall–Kier alpha value is -2.08. The maximum atomic E-state index is 12.7. The Kier molecular flexibility index (Phi) is 4.29. The lowest BCUT2D eigenvalue weighted by Gasteiger charge is -2.25. The number of hydrogen-bond acceptors (Lipinski definition) is 4. The van der Waals surface area contributed by atoms with E-state index in [1.807, 2.05) is 11.8 Å². The van der Waals surface area contributed by atoms with E-state index in [1.165, 1.54) is 0 Å². The van der Waals surface area contributed by atoms with E-state index in [9.17, 15) is 9.59 Å². The molecule has 118 valence electrons. The number of carbonyl (C=O) groups is 2. The monoisotopic (exact) mass is 304 g/mol. The normalized spacial score (nSPS) is 20.0. The van der Waals surface area contributed by atoms with E-state index >= 15 is 0 Å². The van der Waals surface area contributed by atoms with Gasteiger partial charge in [0.2, 0.25) is 0 Å². The molecule has 0 unspecified atom stereocenters. The molecule has 0 bridgehead atoms. The summed E-state index contributed by atoms with van der Waals surface area (Å²) in [6.07, 6.45) is 1.00. The number of anilines is 1. The second-order valence-corrected chi connectivity index (χ2v) is 5.62. The molecule has 0 aromatic heterocycles. The van der Waals surface area contributed by atoms with E-state index < -0.39 is 0 Å². The smallest absolute Gasteiger partial charge is 0.262 e. The van der Waals surface area contributed by atoms with Crippen molar-refractivity contribution in [3.05, 3.63) is 23.8 Å². The van der Waals surface area contributed by atoms with Gasteiger partial charge >= 0.3 is 0 Å². The topological polar surface area (TPSA) is 67.9 Å². The van der Waals surface area contributed by atoms with Crippen molar-refractivity contribution in [3.63, 3.8) is 0 Å². The third-order valence-electron chi connectivity index (χ3n) is 4.03. The molecule has 1 N–H and O–H groups in total. The van der Waals surface area contributed by atoms with Gasteiger partial charge in [0.1, 0.15) is 5.75 Å². The Balaban J connectivity index is 1.74. The van der Waals surface area contributed by atoms with Gasteiger partial charge in [-0.1, -0.05) is 0 Å². The summed E-state index contributed by atoms with van der Waals surface area (Å²) in [6, 6.07) is 5.14. The van der Waals surface area contributed by atoms with E-state index in [4.69, 9.17) is 9.47 Å². The molecule has 1 fully saturated rings. The lowest BCUT2D eigenvalue weighted by Crippen LogP contribution is -2.35. The molecule has 1 aromatic carbocycles. The van der Waals surface area contributed by atoms with Crippen LogP contribution in [0.5, 0.6) is 5.75 Å². The predicted molar refractivity (Wildman–Crippen MR) is 81.1 cm³/mol. The predicted octanol–water partition coefficient (Wildman–Crippen LogP) is 1.52. The first kappa shape index (κ1) is 14.8. The van der Waals surface area contributed by atoms with Crippen LogP contribution in [-0.4, -0.2) is 49.6 Å². The second kappa shape index (κ2) is 6.36. The largest absolute Gasteiger partial charge is 0.482 e. The minimum atomic E-state index is -0.178. The zero-order valence-electron chi connectivity index (χ0n) is 12.6. The Morgan fingerprint density at radius 3 is 3.05 bits per heavy atom. The van der Waals surface area contributed by atoms with Crippen molar-refractivity contribution in [2.75, 3.05) is 38.2 Å². The zero-order chi connectivity index (χ0) is 15.5. The molecule has 0 saturated carbocycles. The summed E-state index contributed by atoms with van der Waals surface area (Å²) in [7, 11) is 0. The Bertz CT molecular complexity index is 582. The number of fused-ring (bicyclic) bond motifs is 1. The number of rotatable bonds is 4. The maximum absolute atomic E-state index is 12.7. The van der Waals surface area contributed by atoms with Crippen molar-refractivity contribution < 1.29 is 19.1 Å². The van der Waals surface area contributed by atoms with Crippen LogP contribution < -0.4 is 10.1 Å². The summed E-state index contributed by atoms with van der Waals surface area (Å²) in [4.78, 5) is 25.8. The Labute approximate surface area is 129 Å². The van der Waals surface area contributed by atoms with Crippen LogP contribution in [0.15, 0.2) is 18.2 Å². The summed E-state index contributed by atoms with van der Waals surface area (Å²) < 4.78 is 10.7. The van der Waals surface area contributed by atoms with E-state index in [2.05, 4.69) is 5.32 Å². The van der Waals surface area contributed by atoms with Crippen molar-refractivity contribution >= 4 is 17.5 Å². The number of nitrogens with zero attached hydrogens (tertiary/aromatic N) is 1. The van der Waals surface area contributed by atoms with Crippen molar-refractivity contribution in [1.82, 2.24) is 4.90 Å². The van der Waals surface area contributed by atoms with E-state index in [-0.39, 0.29) is 18.4 Å². The number of ether oxygens (including phenoxy) is 2. The molecule has 22 heavy (non-hydrogen) atoms. The van der Waals surface area contributed by atoms with E-state index in [0.717, 1.165) is 19.6 Å². The summed E-state index contributed by atoms with van der Waals surface area (Å²) in [5, 5.41) is 2.72. The molecule has 2 amide bonds. The van der Waals surface area contributed by atoms with Crippen molar-refractivity contribution in [3.8, 4) is 5.75 Å². The third-order valence-corrected chi connectivity index (χ3v) is 4.03. The number of nitrogens with one attached hydrogen (secondary N) is 1. The molecule has 1 aromatic rings. The van der Waals surface area contributed by atoms with Gasteiger partial charge < -0.3 is 19.7 Å². The Morgan fingerprint density at radius 1 is 1.45 bits per heavy atom. The van der Waals surface area contributed by atoms with Crippen LogP contribution in [0.2, 0.25) is 0 Å². The summed E-state index contributed by atoms with van der Waals surface area (Å²) in [5.74, 6) is 0.767. The quantitative estimate of drug-likeness (QED) is 0.915. The van der Waals surface area contributed by atoms with Crippen molar-refractivity contribution in [1.29, 1.82) is 0 Å². The van der Waals surface area contributed by atoms with E-state index in [1.54, 1.807) is 18.2 Å². The van der Waals surface area contributed by atoms with Gasteiger partial charge in [-0.15, -0.1) is 0 Å². The summed E-state index contributed by atoms with van der Waals surface area (Å²) in [6.45, 7) is 4.84. The lowest BCUT2D eigenvalue weighted by molar-refractivity contribution is -0.118. The average molecular weight is 304 g/mol. The fraction of sp³-hybridized carbons (Fsp3) is 0.500. The molecule has 1 saturated heterocycles. The van der Waals surface area contributed by atoms with E-state index in [0.29, 0.717) is 36.0 Å². The molecule has 2 heterocycles. The number of amides is 2. The first-order valence-corrected chi connectivity index (χ1v) is 7.61. The third kappa shape index (κ3) is 3.06. The minimum Gasteiger partial charge on any atom is -0.482 e. The molecule has 0 radical (unpaired) electrons. The molecule has 1 atom stereocenters. The molecule has 3 rings (SSSR count). The fourth-order valence-corrected chi connectivity index (χ4v) is 2.78. The van der Waals surface area contributed by atoms with Crippen LogP contribution in [0.1, 0.15) is 23.7 Å². The SMILES string of the molecule is CCN(C[C@H]1CCOC1)C(=O)c1ccc2c(c1)OCC(=O)N2. The first-order chi connectivity index (χ1) is 10.7. The minimum absolute atomic E-state index is 0.0124. The zero-order valence-corrected chi connectivity index (χ0v) is 12.6. The molecular weight excluding hydrogens is 284 g/mol. The van der Waals surface area contributed by atoms with Crippen molar-refractivity contribution in [2.45, 2.75) is 13.3 Å². The van der Waals surface area contributed by atoms with Gasteiger partial charge in [-0.3, -0.25) is 9.59 Å². The highest BCUT2D eigenvalue weighted by molar-refractivity contribution is 5.99. The van der Waals surface area contributed by atoms with Crippen LogP contribution in [0.4, 0.5) is 5.69 Å². The van der Waals surface area contributed by atoms with Crippen LogP contribution in [0, 0.1) is 5.92 Å². The van der Waals surface area contributed by atoms with Crippen molar-refractivity contribution in [2.24, 2.45) is 5.92 Å². The molecule has 0 aliphatic carbocycles. The first-order valence-electron chi connectivity index (χ1n) is 7.61. The molecule has 2 aliphatic rings. The van der Waals surface area contributed by atoms with Gasteiger partial charge in [0.25, 0.3) is 11.8 Å². The van der Waals surface area contributed by atoms with Gasteiger partial charge in [-0.25, -0.2) is 0 Å². The van der Waals surface area contributed by atoms with Gasteiger partial charge in [-0.2, -0.15) is 0 Å². The molecule has 6 heteroatoms. The highest BCUT2D eigenvalue weighted by Crippen LogP contribution is 2.29. The van der Waals surface area contributed by atoms with Crippen LogP contribution in [-0.2, 0) is 9.53 Å². The average Bonchev–Trinajstić information content (AvgIpc) is 3.04. The van der Waals surface area contributed by atoms with Crippen LogP contribution >= 0.6 is 0 Å². The second-order valence-electron chi connectivity index (χ2n) is 5.62. The summed E-state index contributed by atoms with van der Waals surface area (Å²) in [5.41, 5.74) is 1.19. The number of carbonyl (C=O) groups excluding carboxylic acids is 2. The molecule has 6 nitrogen and oxygen atoms in total. The van der Waals surface area contributed by atoms with Gasteiger partial charge in [0.05, 0.1) is 12.3 Å². The van der Waals surface area contributed by atoms with Gasteiger partial charge in [0, 0.05) is 31.2 Å². The lowest BCUT2D eigenvalue weighted by atomic mass is 10.1. The van der Waals surface area contributed by atoms with Gasteiger partial charge in [0.15, 0.2) is 6.61 Å². The molecular formula is C16H20N2O4. The molecule has 2 aliphatic heterocycles.